The maximum atomic E-state index is 11.5. The number of hydrogen-bond donors (Lipinski definition) is 1. The van der Waals surface area contributed by atoms with E-state index >= 15 is 0 Å². The van der Waals surface area contributed by atoms with Crippen molar-refractivity contribution in [1.82, 2.24) is 10.1 Å². The van der Waals surface area contributed by atoms with Crippen LogP contribution in [0, 0.1) is 6.92 Å². The van der Waals surface area contributed by atoms with Gasteiger partial charge in [-0.2, -0.15) is 0 Å². The second kappa shape index (κ2) is 3.91. The lowest BCUT2D eigenvalue weighted by Gasteiger charge is -2.12. The maximum Gasteiger partial charge on any atom is 0.323 e. The molecule has 1 N–H and O–H groups in total. The van der Waals surface area contributed by atoms with Crippen LogP contribution in [0.25, 0.3) is 0 Å². The van der Waals surface area contributed by atoms with Crippen LogP contribution in [0.3, 0.4) is 0 Å². The predicted molar refractivity (Wildman–Crippen MR) is 45.8 cm³/mol. The molecule has 0 unspecified atom stereocenters. The molecule has 1 heterocycles. The average Bonchev–Trinajstić information content (AvgIpc) is 2.48. The summed E-state index contributed by atoms with van der Waals surface area (Å²) in [5.41, 5.74) is 0.286. The number of likely N-dealkylation sites (N-methyl/N-ethyl adjacent to an activating group) is 1. The van der Waals surface area contributed by atoms with Gasteiger partial charge in [-0.3, -0.25) is 9.59 Å². The fraction of sp³-hybridized carbons (Fsp3) is 0.375. The summed E-state index contributed by atoms with van der Waals surface area (Å²) in [7, 11) is 1.41. The van der Waals surface area contributed by atoms with Gasteiger partial charge in [0.1, 0.15) is 17.9 Å². The average molecular weight is 198 g/mol. The second-order valence-electron chi connectivity index (χ2n) is 2.85. The van der Waals surface area contributed by atoms with Gasteiger partial charge in [-0.25, -0.2) is 0 Å². The Balaban J connectivity index is 2.76. The third kappa shape index (κ3) is 2.09. The topological polar surface area (TPSA) is 83.6 Å². The van der Waals surface area contributed by atoms with Crippen molar-refractivity contribution in [3.05, 3.63) is 17.5 Å². The largest absolute Gasteiger partial charge is 0.480 e. The minimum Gasteiger partial charge on any atom is -0.480 e. The van der Waals surface area contributed by atoms with Crippen molar-refractivity contribution in [1.29, 1.82) is 0 Å². The quantitative estimate of drug-likeness (QED) is 0.746. The Hall–Kier alpha value is -1.85. The molecule has 1 amide bonds. The van der Waals surface area contributed by atoms with E-state index < -0.39 is 11.9 Å². The van der Waals surface area contributed by atoms with Gasteiger partial charge in [0.2, 0.25) is 0 Å². The standard InChI is InChI=1S/C8H10N2O4/c1-5-6(3-9-14-5)8(13)10(2)4-7(11)12/h3H,4H2,1-2H3,(H,11,12). The number of aromatic nitrogens is 1. The minimum atomic E-state index is -1.06. The Morgan fingerprint density at radius 1 is 1.64 bits per heavy atom. The van der Waals surface area contributed by atoms with E-state index in [-0.39, 0.29) is 12.1 Å². The SMILES string of the molecule is Cc1oncc1C(=O)N(C)CC(=O)O. The predicted octanol–water partition coefficient (Wildman–Crippen LogP) is 0.140. The summed E-state index contributed by atoms with van der Waals surface area (Å²) < 4.78 is 4.70. The number of nitrogens with zero attached hydrogens (tertiary/aromatic N) is 2. The van der Waals surface area contributed by atoms with Crippen molar-refractivity contribution in [2.45, 2.75) is 6.92 Å². The van der Waals surface area contributed by atoms with Crippen LogP contribution in [0.15, 0.2) is 10.7 Å². The van der Waals surface area contributed by atoms with Crippen molar-refractivity contribution in [3.63, 3.8) is 0 Å². The van der Waals surface area contributed by atoms with E-state index in [0.717, 1.165) is 4.90 Å². The molecule has 6 nitrogen and oxygen atoms in total. The number of carbonyl (C=O) groups is 2. The van der Waals surface area contributed by atoms with E-state index in [9.17, 15) is 9.59 Å². The number of rotatable bonds is 3. The van der Waals surface area contributed by atoms with Gasteiger partial charge in [0.15, 0.2) is 0 Å². The molecule has 0 spiro atoms. The third-order valence-electron chi connectivity index (χ3n) is 1.70. The van der Waals surface area contributed by atoms with Gasteiger partial charge in [0.25, 0.3) is 5.91 Å². The molecule has 14 heavy (non-hydrogen) atoms. The number of carboxylic acids is 1. The van der Waals surface area contributed by atoms with Crippen LogP contribution in [0.5, 0.6) is 0 Å². The van der Waals surface area contributed by atoms with E-state index in [1.165, 1.54) is 13.2 Å². The highest BCUT2D eigenvalue weighted by Crippen LogP contribution is 2.08. The number of hydrogen-bond acceptors (Lipinski definition) is 4. The molecule has 0 aliphatic carbocycles. The Morgan fingerprint density at radius 3 is 2.71 bits per heavy atom. The molecule has 1 rings (SSSR count). The molecular weight excluding hydrogens is 188 g/mol. The molecule has 0 saturated carbocycles. The Labute approximate surface area is 80.1 Å². The van der Waals surface area contributed by atoms with Crippen LogP contribution in [-0.2, 0) is 4.79 Å². The third-order valence-corrected chi connectivity index (χ3v) is 1.70. The number of amides is 1. The molecule has 6 heteroatoms. The maximum absolute atomic E-state index is 11.5. The van der Waals surface area contributed by atoms with Crippen molar-refractivity contribution in [2.75, 3.05) is 13.6 Å². The highest BCUT2D eigenvalue weighted by Gasteiger charge is 2.18. The Bertz CT molecular complexity index is 358. The number of carboxylic acid groups (broad SMARTS) is 1. The number of aryl methyl sites for hydroxylation is 1. The molecule has 0 fully saturated rings. The van der Waals surface area contributed by atoms with Crippen LogP contribution >= 0.6 is 0 Å². The van der Waals surface area contributed by atoms with Gasteiger partial charge in [0, 0.05) is 7.05 Å². The minimum absolute atomic E-state index is 0.286. The first-order chi connectivity index (χ1) is 6.52. The highest BCUT2D eigenvalue weighted by atomic mass is 16.5. The lowest BCUT2D eigenvalue weighted by atomic mass is 10.2. The zero-order valence-corrected chi connectivity index (χ0v) is 7.85. The smallest absolute Gasteiger partial charge is 0.323 e. The highest BCUT2D eigenvalue weighted by molar-refractivity contribution is 5.96. The van der Waals surface area contributed by atoms with E-state index in [2.05, 4.69) is 5.16 Å². The fourth-order valence-electron chi connectivity index (χ4n) is 0.984. The van der Waals surface area contributed by atoms with E-state index in [1.807, 2.05) is 0 Å². The van der Waals surface area contributed by atoms with E-state index in [0.29, 0.717) is 5.76 Å². The Kier molecular flexibility index (Phi) is 2.85. The molecule has 76 valence electrons. The molecule has 0 aromatic carbocycles. The summed E-state index contributed by atoms with van der Waals surface area (Å²) in [5.74, 6) is -1.09. The first kappa shape index (κ1) is 10.2. The van der Waals surface area contributed by atoms with Gasteiger partial charge in [0.05, 0.1) is 6.20 Å². The summed E-state index contributed by atoms with van der Waals surface area (Å²) in [5, 5.41) is 11.9. The van der Waals surface area contributed by atoms with E-state index in [4.69, 9.17) is 9.63 Å². The van der Waals surface area contributed by atoms with Gasteiger partial charge in [-0.05, 0) is 6.92 Å². The molecular formula is C8H10N2O4. The normalized spacial score (nSPS) is 9.86. The van der Waals surface area contributed by atoms with Crippen molar-refractivity contribution in [3.8, 4) is 0 Å². The van der Waals surface area contributed by atoms with Crippen LogP contribution in [0.2, 0.25) is 0 Å². The summed E-state index contributed by atoms with van der Waals surface area (Å²) in [6.07, 6.45) is 1.27. The molecule has 0 aliphatic rings. The zero-order chi connectivity index (χ0) is 10.7. The summed E-state index contributed by atoms with van der Waals surface area (Å²) in [6.45, 7) is 1.25. The van der Waals surface area contributed by atoms with E-state index in [1.54, 1.807) is 6.92 Å². The summed E-state index contributed by atoms with van der Waals surface area (Å²) in [6, 6.07) is 0. The second-order valence-corrected chi connectivity index (χ2v) is 2.85. The van der Waals surface area contributed by atoms with Crippen molar-refractivity contribution in [2.24, 2.45) is 0 Å². The van der Waals surface area contributed by atoms with Gasteiger partial charge >= 0.3 is 5.97 Å². The lowest BCUT2D eigenvalue weighted by Crippen LogP contribution is -2.32. The molecule has 0 atom stereocenters. The van der Waals surface area contributed by atoms with Crippen LogP contribution < -0.4 is 0 Å². The zero-order valence-electron chi connectivity index (χ0n) is 7.85. The molecule has 1 aromatic rings. The molecule has 0 bridgehead atoms. The van der Waals surface area contributed by atoms with Crippen LogP contribution in [0.4, 0.5) is 0 Å². The molecule has 0 saturated heterocycles. The fourth-order valence-corrected chi connectivity index (χ4v) is 0.984. The van der Waals surface area contributed by atoms with Gasteiger partial charge < -0.3 is 14.5 Å². The van der Waals surface area contributed by atoms with Crippen molar-refractivity contribution >= 4 is 11.9 Å². The lowest BCUT2D eigenvalue weighted by molar-refractivity contribution is -0.137. The first-order valence-corrected chi connectivity index (χ1v) is 3.91. The van der Waals surface area contributed by atoms with Crippen LogP contribution in [0.1, 0.15) is 16.1 Å². The monoisotopic (exact) mass is 198 g/mol. The summed E-state index contributed by atoms with van der Waals surface area (Å²) in [4.78, 5) is 22.9. The Morgan fingerprint density at radius 2 is 2.29 bits per heavy atom. The van der Waals surface area contributed by atoms with Gasteiger partial charge in [-0.1, -0.05) is 5.16 Å². The first-order valence-electron chi connectivity index (χ1n) is 3.91. The molecule has 0 radical (unpaired) electrons. The molecule has 0 aliphatic heterocycles. The summed E-state index contributed by atoms with van der Waals surface area (Å²) >= 11 is 0. The van der Waals surface area contributed by atoms with Crippen molar-refractivity contribution < 1.29 is 19.2 Å². The van der Waals surface area contributed by atoms with Gasteiger partial charge in [-0.15, -0.1) is 0 Å². The number of aliphatic carboxylic acids is 1. The van der Waals surface area contributed by atoms with Crippen LogP contribution in [-0.4, -0.2) is 40.6 Å². The number of carbonyl (C=O) groups excluding carboxylic acids is 1. The molecule has 1 aromatic heterocycles.